The van der Waals surface area contributed by atoms with Crippen molar-refractivity contribution in [3.8, 4) is 23.3 Å². The zero-order chi connectivity index (χ0) is 23.0. The molecule has 1 heterocycles. The predicted octanol–water partition coefficient (Wildman–Crippen LogP) is 5.18. The highest BCUT2D eigenvalue weighted by molar-refractivity contribution is 5.94. The van der Waals surface area contributed by atoms with Gasteiger partial charge in [0.05, 0.1) is 24.8 Å². The van der Waals surface area contributed by atoms with Gasteiger partial charge in [-0.2, -0.15) is 5.26 Å². The van der Waals surface area contributed by atoms with E-state index < -0.39 is 0 Å². The SMILES string of the molecule is COc1cccc(CN(CC2CCCO2)C(=O)c2cccc(Oc3ccc(C#N)cc3)c2)c1. The van der Waals surface area contributed by atoms with Crippen LogP contribution >= 0.6 is 0 Å². The van der Waals surface area contributed by atoms with E-state index in [0.29, 0.717) is 35.7 Å². The molecule has 0 N–H and O–H groups in total. The van der Waals surface area contributed by atoms with Crippen LogP contribution in [0.15, 0.2) is 72.8 Å². The number of nitrogens with zero attached hydrogens (tertiary/aromatic N) is 2. The Morgan fingerprint density at radius 1 is 1.06 bits per heavy atom. The number of ether oxygens (including phenoxy) is 3. The molecular weight excluding hydrogens is 416 g/mol. The van der Waals surface area contributed by atoms with Crippen molar-refractivity contribution in [2.75, 3.05) is 20.3 Å². The maximum Gasteiger partial charge on any atom is 0.254 e. The van der Waals surface area contributed by atoms with Crippen LogP contribution in [0.1, 0.15) is 34.3 Å². The van der Waals surface area contributed by atoms with E-state index in [1.165, 1.54) is 0 Å². The van der Waals surface area contributed by atoms with Gasteiger partial charge in [0.2, 0.25) is 0 Å². The molecule has 1 saturated heterocycles. The number of hydrogen-bond acceptors (Lipinski definition) is 5. The van der Waals surface area contributed by atoms with Gasteiger partial charge in [-0.25, -0.2) is 0 Å². The van der Waals surface area contributed by atoms with Crippen LogP contribution in [-0.2, 0) is 11.3 Å². The number of benzene rings is 3. The predicted molar refractivity (Wildman–Crippen MR) is 124 cm³/mol. The molecule has 1 aliphatic rings. The first kappa shape index (κ1) is 22.4. The molecule has 0 saturated carbocycles. The Labute approximate surface area is 193 Å². The molecule has 1 unspecified atom stereocenters. The summed E-state index contributed by atoms with van der Waals surface area (Å²) >= 11 is 0. The first-order valence-corrected chi connectivity index (χ1v) is 11.0. The maximum absolute atomic E-state index is 13.5. The summed E-state index contributed by atoms with van der Waals surface area (Å²) in [6.45, 7) is 1.72. The van der Waals surface area contributed by atoms with Crippen LogP contribution in [0.25, 0.3) is 0 Å². The number of amides is 1. The fourth-order valence-electron chi connectivity index (χ4n) is 3.85. The maximum atomic E-state index is 13.5. The Bertz CT molecular complexity index is 1130. The molecule has 0 bridgehead atoms. The Balaban J connectivity index is 1.54. The van der Waals surface area contributed by atoms with E-state index in [2.05, 4.69) is 6.07 Å². The molecule has 0 radical (unpaired) electrons. The molecule has 1 amide bonds. The van der Waals surface area contributed by atoms with Crippen LogP contribution in [0.2, 0.25) is 0 Å². The Hall–Kier alpha value is -3.82. The van der Waals surface area contributed by atoms with E-state index in [9.17, 15) is 4.79 Å². The van der Waals surface area contributed by atoms with Gasteiger partial charge in [0.15, 0.2) is 0 Å². The first-order valence-electron chi connectivity index (χ1n) is 11.0. The number of nitriles is 1. The average Bonchev–Trinajstić information content (AvgIpc) is 3.37. The highest BCUT2D eigenvalue weighted by atomic mass is 16.5. The third-order valence-corrected chi connectivity index (χ3v) is 5.54. The normalized spacial score (nSPS) is 15.0. The third kappa shape index (κ3) is 5.91. The molecule has 0 aromatic heterocycles. The van der Waals surface area contributed by atoms with Gasteiger partial charge in [0.1, 0.15) is 17.2 Å². The lowest BCUT2D eigenvalue weighted by Gasteiger charge is -2.26. The second-order valence-corrected chi connectivity index (χ2v) is 7.94. The topological polar surface area (TPSA) is 71.8 Å². The Morgan fingerprint density at radius 3 is 2.58 bits per heavy atom. The van der Waals surface area contributed by atoms with E-state index in [0.717, 1.165) is 30.8 Å². The minimum atomic E-state index is -0.0846. The highest BCUT2D eigenvalue weighted by Crippen LogP contribution is 2.25. The number of carbonyl (C=O) groups excluding carboxylic acids is 1. The van der Waals surface area contributed by atoms with E-state index in [1.807, 2.05) is 41.3 Å². The molecule has 1 aliphatic heterocycles. The number of methoxy groups -OCH3 is 1. The molecule has 168 valence electrons. The summed E-state index contributed by atoms with van der Waals surface area (Å²) in [5.41, 5.74) is 2.10. The van der Waals surface area contributed by atoms with Crippen molar-refractivity contribution in [2.24, 2.45) is 0 Å². The summed E-state index contributed by atoms with van der Waals surface area (Å²) in [6, 6.07) is 23.9. The molecule has 1 fully saturated rings. The summed E-state index contributed by atoms with van der Waals surface area (Å²) in [6.07, 6.45) is 2.00. The minimum absolute atomic E-state index is 0.0395. The van der Waals surface area contributed by atoms with Gasteiger partial charge in [-0.3, -0.25) is 4.79 Å². The van der Waals surface area contributed by atoms with Crippen LogP contribution in [0.5, 0.6) is 17.2 Å². The molecule has 6 nitrogen and oxygen atoms in total. The second kappa shape index (κ2) is 10.7. The summed E-state index contributed by atoms with van der Waals surface area (Å²) in [5.74, 6) is 1.84. The van der Waals surface area contributed by atoms with E-state index >= 15 is 0 Å². The quantitative estimate of drug-likeness (QED) is 0.481. The summed E-state index contributed by atoms with van der Waals surface area (Å²) in [7, 11) is 1.63. The lowest BCUT2D eigenvalue weighted by Crippen LogP contribution is -2.37. The van der Waals surface area contributed by atoms with Gasteiger partial charge in [0, 0.05) is 25.3 Å². The lowest BCUT2D eigenvalue weighted by molar-refractivity contribution is 0.0507. The fourth-order valence-corrected chi connectivity index (χ4v) is 3.85. The first-order chi connectivity index (χ1) is 16.1. The zero-order valence-corrected chi connectivity index (χ0v) is 18.6. The monoisotopic (exact) mass is 442 g/mol. The molecule has 6 heteroatoms. The lowest BCUT2D eigenvalue weighted by atomic mass is 10.1. The van der Waals surface area contributed by atoms with Crippen molar-refractivity contribution in [1.82, 2.24) is 4.90 Å². The number of rotatable bonds is 8. The van der Waals surface area contributed by atoms with E-state index in [4.69, 9.17) is 19.5 Å². The van der Waals surface area contributed by atoms with E-state index in [-0.39, 0.29) is 12.0 Å². The summed E-state index contributed by atoms with van der Waals surface area (Å²) in [5, 5.41) is 8.96. The largest absolute Gasteiger partial charge is 0.497 e. The van der Waals surface area contributed by atoms with Crippen LogP contribution in [0, 0.1) is 11.3 Å². The molecule has 33 heavy (non-hydrogen) atoms. The number of hydrogen-bond donors (Lipinski definition) is 0. The standard InChI is InChI=1S/C27H26N2O4/c1-31-24-7-2-5-21(15-24)18-29(19-26-9-4-14-32-26)27(30)22-6-3-8-25(16-22)33-23-12-10-20(17-28)11-13-23/h2-3,5-8,10-13,15-16,26H,4,9,14,18-19H2,1H3. The Morgan fingerprint density at radius 2 is 1.85 bits per heavy atom. The van der Waals surface area contributed by atoms with Crippen molar-refractivity contribution in [3.63, 3.8) is 0 Å². The molecule has 4 rings (SSSR count). The molecular formula is C27H26N2O4. The van der Waals surface area contributed by atoms with Crippen LogP contribution in [0.4, 0.5) is 0 Å². The Kier molecular flexibility index (Phi) is 7.23. The van der Waals surface area contributed by atoms with Crippen LogP contribution in [-0.4, -0.2) is 37.2 Å². The van der Waals surface area contributed by atoms with Crippen molar-refractivity contribution in [2.45, 2.75) is 25.5 Å². The van der Waals surface area contributed by atoms with Crippen LogP contribution < -0.4 is 9.47 Å². The van der Waals surface area contributed by atoms with Crippen molar-refractivity contribution >= 4 is 5.91 Å². The molecule has 3 aromatic rings. The molecule has 3 aromatic carbocycles. The zero-order valence-electron chi connectivity index (χ0n) is 18.6. The van der Waals surface area contributed by atoms with Crippen LogP contribution in [0.3, 0.4) is 0 Å². The van der Waals surface area contributed by atoms with Gasteiger partial charge < -0.3 is 19.1 Å². The minimum Gasteiger partial charge on any atom is -0.497 e. The van der Waals surface area contributed by atoms with E-state index in [1.54, 1.807) is 43.5 Å². The molecule has 0 spiro atoms. The molecule has 0 aliphatic carbocycles. The highest BCUT2D eigenvalue weighted by Gasteiger charge is 2.24. The third-order valence-electron chi connectivity index (χ3n) is 5.54. The van der Waals surface area contributed by atoms with Gasteiger partial charge in [-0.05, 0) is 73.0 Å². The average molecular weight is 443 g/mol. The van der Waals surface area contributed by atoms with Crippen molar-refractivity contribution in [1.29, 1.82) is 5.26 Å². The second-order valence-electron chi connectivity index (χ2n) is 7.94. The fraction of sp³-hybridized carbons (Fsp3) is 0.259. The smallest absolute Gasteiger partial charge is 0.254 e. The van der Waals surface area contributed by atoms with Gasteiger partial charge in [-0.1, -0.05) is 18.2 Å². The molecule has 1 atom stereocenters. The van der Waals surface area contributed by atoms with Gasteiger partial charge in [-0.15, -0.1) is 0 Å². The van der Waals surface area contributed by atoms with Gasteiger partial charge >= 0.3 is 0 Å². The van der Waals surface area contributed by atoms with Crippen molar-refractivity contribution in [3.05, 3.63) is 89.5 Å². The summed E-state index contributed by atoms with van der Waals surface area (Å²) < 4.78 is 17.1. The number of carbonyl (C=O) groups is 1. The summed E-state index contributed by atoms with van der Waals surface area (Å²) in [4.78, 5) is 15.4. The van der Waals surface area contributed by atoms with Crippen molar-refractivity contribution < 1.29 is 19.0 Å². The van der Waals surface area contributed by atoms with Gasteiger partial charge in [0.25, 0.3) is 5.91 Å².